The lowest BCUT2D eigenvalue weighted by molar-refractivity contribution is -0.121. The van der Waals surface area contributed by atoms with Crippen molar-refractivity contribution < 1.29 is 19.4 Å². The molecule has 0 saturated carbocycles. The number of nitrogens with zero attached hydrogens (tertiary/aromatic N) is 1. The highest BCUT2D eigenvalue weighted by Crippen LogP contribution is 2.36. The summed E-state index contributed by atoms with van der Waals surface area (Å²) < 4.78 is 5.98. The highest BCUT2D eigenvalue weighted by Gasteiger charge is 2.27. The normalized spacial score (nSPS) is 17.5. The monoisotopic (exact) mass is 412 g/mol. The summed E-state index contributed by atoms with van der Waals surface area (Å²) in [6.45, 7) is 0.187. The predicted octanol–water partition coefficient (Wildman–Crippen LogP) is 2.59. The van der Waals surface area contributed by atoms with Crippen LogP contribution in [0.5, 0.6) is 5.75 Å². The predicted molar refractivity (Wildman–Crippen MR) is 112 cm³/mol. The van der Waals surface area contributed by atoms with E-state index in [4.69, 9.17) is 17.0 Å². The van der Waals surface area contributed by atoms with E-state index in [0.717, 1.165) is 16.7 Å². The second-order valence-corrected chi connectivity index (χ2v) is 7.99. The van der Waals surface area contributed by atoms with Gasteiger partial charge < -0.3 is 20.1 Å². The number of aliphatic hydroxyl groups excluding tert-OH is 1. The maximum absolute atomic E-state index is 12.5. The van der Waals surface area contributed by atoms with Crippen molar-refractivity contribution in [2.75, 3.05) is 11.5 Å². The number of hydrogen-bond acceptors (Lipinski definition) is 6. The fourth-order valence-electron chi connectivity index (χ4n) is 3.09. The van der Waals surface area contributed by atoms with E-state index in [1.807, 2.05) is 36.4 Å². The van der Waals surface area contributed by atoms with Gasteiger partial charge in [0.1, 0.15) is 10.1 Å². The van der Waals surface area contributed by atoms with Gasteiger partial charge in [0, 0.05) is 0 Å². The standard InChI is InChI=1S/C20H16N2O4S2/c23-10-14-4-2-1-3-13(14)9-22-15-7-12(5-6-16(15)26-11-18(22)24)8-17-19(25)21-20(27)28-17/h1-8,23H,9-11H2,(H,21,25,27). The van der Waals surface area contributed by atoms with Gasteiger partial charge in [-0.2, -0.15) is 0 Å². The number of rotatable bonds is 4. The van der Waals surface area contributed by atoms with Crippen molar-refractivity contribution in [1.29, 1.82) is 0 Å². The first-order chi connectivity index (χ1) is 13.5. The van der Waals surface area contributed by atoms with Crippen molar-refractivity contribution in [2.45, 2.75) is 13.2 Å². The fourth-order valence-corrected chi connectivity index (χ4v) is 4.14. The Hall–Kier alpha value is -2.68. The molecule has 2 heterocycles. The molecule has 2 aliphatic rings. The largest absolute Gasteiger partial charge is 0.482 e. The quantitative estimate of drug-likeness (QED) is 0.594. The lowest BCUT2D eigenvalue weighted by Crippen LogP contribution is -2.38. The Kier molecular flexibility index (Phi) is 5.17. The Labute approximate surface area is 171 Å². The second-order valence-electron chi connectivity index (χ2n) is 6.27. The van der Waals surface area contributed by atoms with Crippen molar-refractivity contribution in [2.24, 2.45) is 0 Å². The number of fused-ring (bicyclic) bond motifs is 1. The van der Waals surface area contributed by atoms with E-state index in [2.05, 4.69) is 5.32 Å². The molecule has 1 fully saturated rings. The average molecular weight is 412 g/mol. The van der Waals surface area contributed by atoms with E-state index in [-0.39, 0.29) is 25.0 Å². The van der Waals surface area contributed by atoms with E-state index in [1.54, 1.807) is 17.0 Å². The first kappa shape index (κ1) is 18.7. The number of thioether (sulfide) groups is 1. The van der Waals surface area contributed by atoms with Gasteiger partial charge in [-0.3, -0.25) is 9.59 Å². The van der Waals surface area contributed by atoms with Gasteiger partial charge in [-0.15, -0.1) is 0 Å². The van der Waals surface area contributed by atoms with E-state index in [9.17, 15) is 14.7 Å². The Bertz CT molecular complexity index is 1020. The molecule has 1 saturated heterocycles. The van der Waals surface area contributed by atoms with Crippen LogP contribution in [0, 0.1) is 0 Å². The maximum Gasteiger partial charge on any atom is 0.265 e. The van der Waals surface area contributed by atoms with Crippen LogP contribution in [0.25, 0.3) is 6.08 Å². The summed E-state index contributed by atoms with van der Waals surface area (Å²) in [5, 5.41) is 12.2. The molecule has 28 heavy (non-hydrogen) atoms. The van der Waals surface area contributed by atoms with Crippen LogP contribution in [0.15, 0.2) is 47.4 Å². The van der Waals surface area contributed by atoms with Crippen LogP contribution in [0.3, 0.4) is 0 Å². The maximum atomic E-state index is 12.5. The number of thiocarbonyl (C=S) groups is 1. The molecule has 0 spiro atoms. The molecule has 0 aromatic heterocycles. The third-order valence-corrected chi connectivity index (χ3v) is 5.65. The number of nitrogens with one attached hydrogen (secondary N) is 1. The molecular formula is C20H16N2O4S2. The molecule has 4 rings (SSSR count). The highest BCUT2D eigenvalue weighted by molar-refractivity contribution is 8.26. The van der Waals surface area contributed by atoms with Crippen molar-refractivity contribution >= 4 is 51.9 Å². The van der Waals surface area contributed by atoms with Gasteiger partial charge >= 0.3 is 0 Å². The molecule has 0 radical (unpaired) electrons. The summed E-state index contributed by atoms with van der Waals surface area (Å²) >= 11 is 6.22. The third-order valence-electron chi connectivity index (χ3n) is 4.48. The van der Waals surface area contributed by atoms with Crippen LogP contribution in [-0.2, 0) is 22.7 Å². The Morgan fingerprint density at radius 2 is 2.00 bits per heavy atom. The van der Waals surface area contributed by atoms with Crippen molar-refractivity contribution in [1.82, 2.24) is 5.32 Å². The number of hydrogen-bond donors (Lipinski definition) is 2. The minimum Gasteiger partial charge on any atom is -0.482 e. The van der Waals surface area contributed by atoms with Crippen LogP contribution in [0.1, 0.15) is 16.7 Å². The van der Waals surface area contributed by atoms with Crippen LogP contribution < -0.4 is 15.0 Å². The average Bonchev–Trinajstić information content (AvgIpc) is 3.01. The van der Waals surface area contributed by atoms with Crippen molar-refractivity contribution in [3.63, 3.8) is 0 Å². The van der Waals surface area contributed by atoms with Crippen molar-refractivity contribution in [3.05, 3.63) is 64.1 Å². The van der Waals surface area contributed by atoms with E-state index in [1.165, 1.54) is 11.8 Å². The van der Waals surface area contributed by atoms with Gasteiger partial charge in [0.2, 0.25) is 0 Å². The highest BCUT2D eigenvalue weighted by atomic mass is 32.2. The zero-order chi connectivity index (χ0) is 19.7. The number of carbonyl (C=O) groups excluding carboxylic acids is 2. The van der Waals surface area contributed by atoms with E-state index < -0.39 is 0 Å². The van der Waals surface area contributed by atoms with E-state index >= 15 is 0 Å². The lowest BCUT2D eigenvalue weighted by atomic mass is 10.1. The van der Waals surface area contributed by atoms with E-state index in [0.29, 0.717) is 27.2 Å². The molecule has 2 aromatic rings. The summed E-state index contributed by atoms with van der Waals surface area (Å²) in [6, 6.07) is 12.9. The molecule has 2 aliphatic heterocycles. The third kappa shape index (κ3) is 3.66. The Balaban J connectivity index is 1.69. The van der Waals surface area contributed by atoms with Crippen LogP contribution in [-0.4, -0.2) is 27.8 Å². The second kappa shape index (κ2) is 7.75. The first-order valence-electron chi connectivity index (χ1n) is 8.55. The minimum absolute atomic E-state index is 0.0404. The number of aliphatic hydroxyl groups is 1. The Morgan fingerprint density at radius 1 is 1.21 bits per heavy atom. The zero-order valence-electron chi connectivity index (χ0n) is 14.7. The number of amides is 2. The lowest BCUT2D eigenvalue weighted by Gasteiger charge is -2.30. The fraction of sp³-hybridized carbons (Fsp3) is 0.150. The molecule has 2 aromatic carbocycles. The van der Waals surface area contributed by atoms with Crippen LogP contribution in [0.2, 0.25) is 0 Å². The summed E-state index contributed by atoms with van der Waals surface area (Å²) in [7, 11) is 0. The number of benzene rings is 2. The van der Waals surface area contributed by atoms with Gasteiger partial charge in [0.05, 0.1) is 23.7 Å². The first-order valence-corrected chi connectivity index (χ1v) is 9.77. The number of anilines is 1. The van der Waals surface area contributed by atoms with Crippen LogP contribution >= 0.6 is 24.0 Å². The molecule has 8 heteroatoms. The van der Waals surface area contributed by atoms with Gasteiger partial charge in [-0.05, 0) is 34.9 Å². The smallest absolute Gasteiger partial charge is 0.265 e. The molecular weight excluding hydrogens is 396 g/mol. The Morgan fingerprint density at radius 3 is 2.71 bits per heavy atom. The minimum atomic E-state index is -0.228. The summed E-state index contributed by atoms with van der Waals surface area (Å²) in [5.41, 5.74) is 3.03. The van der Waals surface area contributed by atoms with Crippen LogP contribution in [0.4, 0.5) is 5.69 Å². The molecule has 0 unspecified atom stereocenters. The van der Waals surface area contributed by atoms with Gasteiger partial charge in [0.25, 0.3) is 11.8 Å². The molecule has 6 nitrogen and oxygen atoms in total. The van der Waals surface area contributed by atoms with Crippen molar-refractivity contribution in [3.8, 4) is 5.75 Å². The molecule has 0 aliphatic carbocycles. The summed E-state index contributed by atoms with van der Waals surface area (Å²) in [4.78, 5) is 26.6. The summed E-state index contributed by atoms with van der Waals surface area (Å²) in [6.07, 6.45) is 1.73. The molecule has 142 valence electrons. The zero-order valence-corrected chi connectivity index (χ0v) is 16.3. The number of ether oxygens (including phenoxy) is 1. The molecule has 0 bridgehead atoms. The molecule has 2 amide bonds. The molecule has 0 atom stereocenters. The van der Waals surface area contributed by atoms with Gasteiger partial charge in [-0.25, -0.2) is 0 Å². The van der Waals surface area contributed by atoms with Gasteiger partial charge in [0.15, 0.2) is 6.61 Å². The number of carbonyl (C=O) groups is 2. The van der Waals surface area contributed by atoms with Gasteiger partial charge in [-0.1, -0.05) is 54.3 Å². The molecule has 2 N–H and O–H groups in total. The SMILES string of the molecule is O=C1NC(=S)SC1=Cc1ccc2c(c1)N(Cc1ccccc1CO)C(=O)CO2. The topological polar surface area (TPSA) is 78.9 Å². The summed E-state index contributed by atoms with van der Waals surface area (Å²) in [5.74, 6) is 0.204.